The topological polar surface area (TPSA) is 103 Å². The molecule has 10 heteroatoms. The molecule has 31 heavy (non-hydrogen) atoms. The minimum atomic E-state index is -0.389. The summed E-state index contributed by atoms with van der Waals surface area (Å²) in [5, 5.41) is 16.6. The zero-order valence-corrected chi connectivity index (χ0v) is 17.6. The van der Waals surface area contributed by atoms with Gasteiger partial charge in [-0.15, -0.1) is 11.3 Å². The smallest absolute Gasteiger partial charge is 0.293 e. The van der Waals surface area contributed by atoms with Gasteiger partial charge in [-0.3, -0.25) is 14.9 Å². The normalized spacial score (nSPS) is 16.7. The van der Waals surface area contributed by atoms with E-state index in [4.69, 9.17) is 4.74 Å². The predicted molar refractivity (Wildman–Crippen MR) is 120 cm³/mol. The van der Waals surface area contributed by atoms with Gasteiger partial charge >= 0.3 is 0 Å². The first kappa shape index (κ1) is 19.8. The SMILES string of the molecule is O=c1c2c3c(sc2ncn1N=Cc1ccc(N2CCOCC2)c([N+](=O)[O-])c1)CCCC3. The van der Waals surface area contributed by atoms with E-state index in [0.29, 0.717) is 42.9 Å². The van der Waals surface area contributed by atoms with E-state index >= 15 is 0 Å². The molecule has 0 unspecified atom stereocenters. The number of thiophene rings is 1. The van der Waals surface area contributed by atoms with Crippen LogP contribution in [0, 0.1) is 10.1 Å². The number of nitro benzene ring substituents is 1. The average molecular weight is 439 g/mol. The maximum absolute atomic E-state index is 13.0. The minimum absolute atomic E-state index is 0.0127. The van der Waals surface area contributed by atoms with Crippen molar-refractivity contribution in [3.63, 3.8) is 0 Å². The number of fused-ring (bicyclic) bond motifs is 3. The molecule has 1 saturated heterocycles. The van der Waals surface area contributed by atoms with Crippen LogP contribution in [0.2, 0.25) is 0 Å². The second-order valence-electron chi connectivity index (χ2n) is 7.63. The summed E-state index contributed by atoms with van der Waals surface area (Å²) in [7, 11) is 0. The molecule has 0 atom stereocenters. The van der Waals surface area contributed by atoms with Crippen LogP contribution in [0.15, 0.2) is 34.4 Å². The van der Waals surface area contributed by atoms with E-state index in [1.54, 1.807) is 23.5 Å². The van der Waals surface area contributed by atoms with Crippen molar-refractivity contribution in [1.82, 2.24) is 9.66 Å². The number of benzene rings is 1. The van der Waals surface area contributed by atoms with E-state index < -0.39 is 0 Å². The quantitative estimate of drug-likeness (QED) is 0.352. The standard InChI is InChI=1S/C21H21N5O4S/c27-21-19-15-3-1-2-4-18(15)31-20(19)22-13-25(21)23-12-14-5-6-16(17(11-14)26(28)29)24-7-9-30-10-8-24/h5-6,11-13H,1-4,7-10H2. The number of hydrogen-bond donors (Lipinski definition) is 0. The molecular formula is C21H21N5O4S. The molecule has 0 saturated carbocycles. The molecule has 1 aromatic carbocycles. The highest BCUT2D eigenvalue weighted by molar-refractivity contribution is 7.18. The highest BCUT2D eigenvalue weighted by atomic mass is 32.1. The molecule has 3 heterocycles. The van der Waals surface area contributed by atoms with Gasteiger partial charge in [-0.05, 0) is 37.3 Å². The van der Waals surface area contributed by atoms with E-state index in [2.05, 4.69) is 10.1 Å². The number of aryl methyl sites for hydroxylation is 2. The second-order valence-corrected chi connectivity index (χ2v) is 8.72. The van der Waals surface area contributed by atoms with Crippen LogP contribution in [0.3, 0.4) is 0 Å². The third-order valence-corrected chi connectivity index (χ3v) is 6.94. The first-order chi connectivity index (χ1) is 15.1. The van der Waals surface area contributed by atoms with Gasteiger partial charge in [0.05, 0.1) is 29.7 Å². The Hall–Kier alpha value is -3.11. The van der Waals surface area contributed by atoms with E-state index in [-0.39, 0.29) is 16.2 Å². The predicted octanol–water partition coefficient (Wildman–Crippen LogP) is 2.96. The summed E-state index contributed by atoms with van der Waals surface area (Å²) in [5.74, 6) is 0. The van der Waals surface area contributed by atoms with Crippen LogP contribution in [0.1, 0.15) is 28.8 Å². The van der Waals surface area contributed by atoms with E-state index in [9.17, 15) is 14.9 Å². The lowest BCUT2D eigenvalue weighted by Gasteiger charge is -2.28. The summed E-state index contributed by atoms with van der Waals surface area (Å²) < 4.78 is 6.55. The number of nitro groups is 1. The van der Waals surface area contributed by atoms with Crippen LogP contribution in [0.25, 0.3) is 10.2 Å². The molecule has 3 aromatic rings. The first-order valence-corrected chi connectivity index (χ1v) is 11.1. The highest BCUT2D eigenvalue weighted by Gasteiger charge is 2.22. The number of rotatable bonds is 4. The van der Waals surface area contributed by atoms with Gasteiger partial charge in [-0.25, -0.2) is 4.98 Å². The van der Waals surface area contributed by atoms with Gasteiger partial charge in [0.25, 0.3) is 11.2 Å². The van der Waals surface area contributed by atoms with Crippen LogP contribution >= 0.6 is 11.3 Å². The van der Waals surface area contributed by atoms with Gasteiger partial charge in [-0.1, -0.05) is 6.07 Å². The monoisotopic (exact) mass is 439 g/mol. The molecule has 0 bridgehead atoms. The number of anilines is 1. The van der Waals surface area contributed by atoms with E-state index in [1.165, 1.54) is 28.2 Å². The van der Waals surface area contributed by atoms with Crippen LogP contribution in [-0.2, 0) is 17.6 Å². The Labute approximate surface area is 181 Å². The van der Waals surface area contributed by atoms with Crippen molar-refractivity contribution < 1.29 is 9.66 Å². The number of nitrogens with zero attached hydrogens (tertiary/aromatic N) is 5. The Morgan fingerprint density at radius 3 is 2.84 bits per heavy atom. The van der Waals surface area contributed by atoms with Crippen LogP contribution < -0.4 is 10.5 Å². The van der Waals surface area contributed by atoms with Crippen LogP contribution in [-0.4, -0.2) is 47.1 Å². The summed E-state index contributed by atoms with van der Waals surface area (Å²) in [4.78, 5) is 32.6. The first-order valence-electron chi connectivity index (χ1n) is 10.3. The van der Waals surface area contributed by atoms with Crippen molar-refractivity contribution in [2.75, 3.05) is 31.2 Å². The van der Waals surface area contributed by atoms with Crippen molar-refractivity contribution in [3.8, 4) is 0 Å². The fourth-order valence-corrected chi connectivity index (χ4v) is 5.41. The molecule has 160 valence electrons. The Morgan fingerprint density at radius 2 is 2.03 bits per heavy atom. The molecule has 0 amide bonds. The van der Waals surface area contributed by atoms with Crippen molar-refractivity contribution in [2.45, 2.75) is 25.7 Å². The molecular weight excluding hydrogens is 418 g/mol. The summed E-state index contributed by atoms with van der Waals surface area (Å²) in [6.45, 7) is 2.32. The number of hydrogen-bond acceptors (Lipinski definition) is 8. The lowest BCUT2D eigenvalue weighted by molar-refractivity contribution is -0.384. The lowest BCUT2D eigenvalue weighted by Crippen LogP contribution is -2.36. The van der Waals surface area contributed by atoms with Gasteiger partial charge < -0.3 is 9.64 Å². The van der Waals surface area contributed by atoms with Crippen molar-refractivity contribution >= 4 is 39.1 Å². The van der Waals surface area contributed by atoms with Gasteiger partial charge in [0.1, 0.15) is 16.8 Å². The van der Waals surface area contributed by atoms with E-state index in [0.717, 1.165) is 36.1 Å². The van der Waals surface area contributed by atoms with E-state index in [1.807, 2.05) is 4.90 Å². The summed E-state index contributed by atoms with van der Waals surface area (Å²) in [6, 6.07) is 4.98. The summed E-state index contributed by atoms with van der Waals surface area (Å²) in [5.41, 5.74) is 2.04. The third-order valence-electron chi connectivity index (χ3n) is 5.74. The molecule has 1 fully saturated rings. The maximum atomic E-state index is 13.0. The zero-order valence-electron chi connectivity index (χ0n) is 16.8. The van der Waals surface area contributed by atoms with Gasteiger partial charge in [0, 0.05) is 29.6 Å². The van der Waals surface area contributed by atoms with Crippen molar-refractivity contribution in [3.05, 3.63) is 61.0 Å². The van der Waals surface area contributed by atoms with Gasteiger partial charge in [-0.2, -0.15) is 9.78 Å². The number of aromatic nitrogens is 2. The molecule has 0 N–H and O–H groups in total. The molecule has 2 aromatic heterocycles. The molecule has 0 radical (unpaired) electrons. The van der Waals surface area contributed by atoms with Crippen LogP contribution in [0.5, 0.6) is 0 Å². The largest absolute Gasteiger partial charge is 0.378 e. The zero-order chi connectivity index (χ0) is 21.4. The molecule has 0 spiro atoms. The fraction of sp³-hybridized carbons (Fsp3) is 0.381. The molecule has 5 rings (SSSR count). The van der Waals surface area contributed by atoms with Gasteiger partial charge in [0.15, 0.2) is 0 Å². The Kier molecular flexibility index (Phi) is 5.24. The van der Waals surface area contributed by atoms with Crippen molar-refractivity contribution in [1.29, 1.82) is 0 Å². The Bertz CT molecular complexity index is 1240. The lowest BCUT2D eigenvalue weighted by atomic mass is 9.97. The highest BCUT2D eigenvalue weighted by Crippen LogP contribution is 2.33. The molecule has 2 aliphatic rings. The fourth-order valence-electron chi connectivity index (χ4n) is 4.19. The minimum Gasteiger partial charge on any atom is -0.378 e. The molecule has 1 aliphatic carbocycles. The van der Waals surface area contributed by atoms with Crippen LogP contribution in [0.4, 0.5) is 11.4 Å². The summed E-state index contributed by atoms with van der Waals surface area (Å²) in [6.07, 6.45) is 7.00. The van der Waals surface area contributed by atoms with Crippen molar-refractivity contribution in [2.24, 2.45) is 5.10 Å². The molecule has 1 aliphatic heterocycles. The third kappa shape index (κ3) is 3.72. The number of ether oxygens (including phenoxy) is 1. The Balaban J connectivity index is 1.48. The second kappa shape index (κ2) is 8.20. The molecule has 9 nitrogen and oxygen atoms in total. The maximum Gasteiger partial charge on any atom is 0.293 e. The average Bonchev–Trinajstić information content (AvgIpc) is 3.18. The Morgan fingerprint density at radius 1 is 1.23 bits per heavy atom. The number of morpholine rings is 1. The van der Waals surface area contributed by atoms with Gasteiger partial charge in [0.2, 0.25) is 0 Å². The summed E-state index contributed by atoms with van der Waals surface area (Å²) >= 11 is 1.59.